The van der Waals surface area contributed by atoms with Crippen molar-refractivity contribution >= 4 is 40.9 Å². The molecule has 0 saturated carbocycles. The smallest absolute Gasteiger partial charge is 0.341 e. The average molecular weight is 468 g/mol. The maximum Gasteiger partial charge on any atom is 0.341 e. The Kier molecular flexibility index (Phi) is 6.80. The van der Waals surface area contributed by atoms with E-state index in [2.05, 4.69) is 0 Å². The molecule has 1 saturated heterocycles. The van der Waals surface area contributed by atoms with Gasteiger partial charge in [-0.05, 0) is 32.8 Å². The number of carboxylic acids is 1. The molecule has 1 aromatic carbocycles. The highest BCUT2D eigenvalue weighted by Crippen LogP contribution is 2.39. The summed E-state index contributed by atoms with van der Waals surface area (Å²) in [7, 11) is 0. The molecule has 1 aromatic heterocycles. The molecule has 0 aliphatic carbocycles. The zero-order valence-electron chi connectivity index (χ0n) is 18.0. The van der Waals surface area contributed by atoms with Crippen molar-refractivity contribution in [3.05, 3.63) is 39.4 Å². The van der Waals surface area contributed by atoms with Gasteiger partial charge in [-0.2, -0.15) is 0 Å². The molecule has 0 bridgehead atoms. The first-order valence-electron chi connectivity index (χ1n) is 10.5. The summed E-state index contributed by atoms with van der Waals surface area (Å²) in [4.78, 5) is 37.9. The molecule has 3 N–H and O–H groups in total. The fourth-order valence-electron chi connectivity index (χ4n) is 4.60. The van der Waals surface area contributed by atoms with Crippen molar-refractivity contribution in [2.75, 3.05) is 18.0 Å². The van der Waals surface area contributed by atoms with Gasteiger partial charge in [0.25, 0.3) is 0 Å². The summed E-state index contributed by atoms with van der Waals surface area (Å²) in [5, 5.41) is 9.51. The number of hydrogen-bond acceptors (Lipinski definition) is 6. The van der Waals surface area contributed by atoms with Crippen LogP contribution in [-0.2, 0) is 16.0 Å². The van der Waals surface area contributed by atoms with E-state index in [9.17, 15) is 19.5 Å². The number of pyridine rings is 1. The van der Waals surface area contributed by atoms with E-state index in [0.29, 0.717) is 50.0 Å². The quantitative estimate of drug-likeness (QED) is 0.664. The molecule has 8 nitrogen and oxygen atoms in total. The van der Waals surface area contributed by atoms with Crippen molar-refractivity contribution in [3.8, 4) is 0 Å². The summed E-state index contributed by atoms with van der Waals surface area (Å²) in [5.41, 5.74) is 6.33. The molecule has 2 aliphatic heterocycles. The first-order chi connectivity index (χ1) is 14.7. The number of piperidine rings is 1. The van der Waals surface area contributed by atoms with Crippen molar-refractivity contribution in [1.82, 2.24) is 4.57 Å². The Morgan fingerprint density at radius 3 is 2.53 bits per heavy atom. The van der Waals surface area contributed by atoms with Crippen LogP contribution in [0.2, 0.25) is 0 Å². The number of hydrogen-bond donors (Lipinski definition) is 2. The summed E-state index contributed by atoms with van der Waals surface area (Å²) in [6, 6.07) is 0.477. The van der Waals surface area contributed by atoms with Crippen LogP contribution in [0.15, 0.2) is 17.1 Å². The fraction of sp³-hybridized carbons (Fsp3) is 0.500. The third kappa shape index (κ3) is 4.06. The van der Waals surface area contributed by atoms with Crippen molar-refractivity contribution < 1.29 is 23.8 Å². The Hall–Kier alpha value is -2.65. The number of esters is 1. The van der Waals surface area contributed by atoms with Crippen molar-refractivity contribution in [3.63, 3.8) is 0 Å². The number of nitrogens with two attached hydrogens (primary N) is 1. The summed E-state index contributed by atoms with van der Waals surface area (Å²) < 4.78 is 22.5. The number of aromatic nitrogens is 1. The highest BCUT2D eigenvalue weighted by molar-refractivity contribution is 5.95. The number of benzene rings is 1. The van der Waals surface area contributed by atoms with Gasteiger partial charge in [0.1, 0.15) is 23.5 Å². The molecule has 2 aromatic rings. The summed E-state index contributed by atoms with van der Waals surface area (Å²) in [6.07, 6.45) is 3.53. The van der Waals surface area contributed by atoms with E-state index in [1.807, 2.05) is 11.8 Å². The van der Waals surface area contributed by atoms with Gasteiger partial charge in [0.05, 0.1) is 11.2 Å². The fourth-order valence-corrected chi connectivity index (χ4v) is 4.60. The van der Waals surface area contributed by atoms with Gasteiger partial charge in [-0.15, -0.1) is 12.4 Å². The summed E-state index contributed by atoms with van der Waals surface area (Å²) in [5.74, 6) is -2.30. The van der Waals surface area contributed by atoms with Crippen molar-refractivity contribution in [2.45, 2.75) is 57.7 Å². The van der Waals surface area contributed by atoms with Gasteiger partial charge in [-0.3, -0.25) is 9.59 Å². The summed E-state index contributed by atoms with van der Waals surface area (Å²) >= 11 is 0. The highest BCUT2D eigenvalue weighted by atomic mass is 35.5. The number of carbonyl (C=O) groups excluding carboxylic acids is 1. The molecule has 2 aliphatic rings. The third-order valence-electron chi connectivity index (χ3n) is 6.27. The van der Waals surface area contributed by atoms with Crippen LogP contribution in [-0.4, -0.2) is 46.8 Å². The van der Waals surface area contributed by atoms with E-state index < -0.39 is 29.2 Å². The lowest BCUT2D eigenvalue weighted by Gasteiger charge is -2.37. The lowest BCUT2D eigenvalue weighted by atomic mass is 9.93. The van der Waals surface area contributed by atoms with Crippen LogP contribution in [0.3, 0.4) is 0 Å². The van der Waals surface area contributed by atoms with Gasteiger partial charge in [0.2, 0.25) is 5.43 Å². The number of carbonyl (C=O) groups is 2. The maximum atomic E-state index is 15.3. The predicted molar refractivity (Wildman–Crippen MR) is 120 cm³/mol. The zero-order valence-corrected chi connectivity index (χ0v) is 18.8. The number of carboxylic acid groups (broad SMARTS) is 1. The minimum Gasteiger partial charge on any atom is -0.477 e. The zero-order chi connectivity index (χ0) is 22.4. The van der Waals surface area contributed by atoms with E-state index in [4.69, 9.17) is 10.5 Å². The third-order valence-corrected chi connectivity index (χ3v) is 6.27. The molecule has 0 unspecified atom stereocenters. The number of anilines is 1. The van der Waals surface area contributed by atoms with Gasteiger partial charge >= 0.3 is 11.9 Å². The molecule has 10 heteroatoms. The number of ether oxygens (including phenoxy) is 1. The molecule has 174 valence electrons. The Bertz CT molecular complexity index is 1120. The molecule has 0 radical (unpaired) electrons. The monoisotopic (exact) mass is 467 g/mol. The van der Waals surface area contributed by atoms with E-state index >= 15 is 4.39 Å². The molecule has 4 rings (SSSR count). The topological polar surface area (TPSA) is 115 Å². The SMILES string of the molecule is C[C@H](N)C(=O)OC1CCN(c2c(F)cc3c(=O)c(C(=O)O)cn4c3c2CC[C@@H]4C)CC1.Cl. The maximum absolute atomic E-state index is 15.3. The lowest BCUT2D eigenvalue weighted by Crippen LogP contribution is -2.41. The minimum absolute atomic E-state index is 0. The van der Waals surface area contributed by atoms with Gasteiger partial charge in [0, 0.05) is 49.1 Å². The second-order valence-electron chi connectivity index (χ2n) is 8.47. The first kappa shape index (κ1) is 24.0. The van der Waals surface area contributed by atoms with Gasteiger partial charge in [0.15, 0.2) is 0 Å². The van der Waals surface area contributed by atoms with Crippen LogP contribution in [0.4, 0.5) is 10.1 Å². The Labute approximate surface area is 190 Å². The number of aromatic carboxylic acids is 1. The minimum atomic E-state index is -1.32. The second kappa shape index (κ2) is 9.07. The van der Waals surface area contributed by atoms with Crippen LogP contribution in [0, 0.1) is 5.82 Å². The van der Waals surface area contributed by atoms with E-state index in [-0.39, 0.29) is 35.5 Å². The number of aryl methyl sites for hydroxylation is 1. The molecular weight excluding hydrogens is 441 g/mol. The molecule has 0 amide bonds. The van der Waals surface area contributed by atoms with Crippen LogP contribution in [0.5, 0.6) is 0 Å². The number of nitrogens with zero attached hydrogens (tertiary/aromatic N) is 2. The van der Waals surface area contributed by atoms with Gasteiger partial charge in [-0.25, -0.2) is 9.18 Å². The van der Waals surface area contributed by atoms with Gasteiger partial charge in [-0.1, -0.05) is 0 Å². The average Bonchev–Trinajstić information content (AvgIpc) is 2.72. The van der Waals surface area contributed by atoms with Crippen LogP contribution in [0.1, 0.15) is 55.1 Å². The second-order valence-corrected chi connectivity index (χ2v) is 8.47. The predicted octanol–water partition coefficient (Wildman–Crippen LogP) is 2.63. The van der Waals surface area contributed by atoms with E-state index in [1.54, 1.807) is 11.5 Å². The number of halogens is 2. The molecule has 1 fully saturated rings. The molecule has 0 spiro atoms. The lowest BCUT2D eigenvalue weighted by molar-refractivity contribution is -0.151. The van der Waals surface area contributed by atoms with Crippen molar-refractivity contribution in [2.24, 2.45) is 5.73 Å². The Morgan fingerprint density at radius 1 is 1.28 bits per heavy atom. The van der Waals surface area contributed by atoms with Crippen LogP contribution >= 0.6 is 12.4 Å². The van der Waals surface area contributed by atoms with Crippen LogP contribution < -0.4 is 16.1 Å². The Balaban J connectivity index is 0.00000289. The molecule has 2 atom stereocenters. The van der Waals surface area contributed by atoms with E-state index in [1.165, 1.54) is 12.3 Å². The largest absolute Gasteiger partial charge is 0.477 e. The van der Waals surface area contributed by atoms with Gasteiger partial charge < -0.3 is 25.0 Å². The normalized spacial score (nSPS) is 19.4. The molecular formula is C22H27ClFN3O5. The van der Waals surface area contributed by atoms with E-state index in [0.717, 1.165) is 5.56 Å². The summed E-state index contributed by atoms with van der Waals surface area (Å²) in [6.45, 7) is 4.53. The van der Waals surface area contributed by atoms with Crippen molar-refractivity contribution in [1.29, 1.82) is 0 Å². The van der Waals surface area contributed by atoms with Crippen LogP contribution in [0.25, 0.3) is 10.9 Å². The first-order valence-corrected chi connectivity index (χ1v) is 10.5. The Morgan fingerprint density at radius 2 is 1.94 bits per heavy atom. The molecule has 32 heavy (non-hydrogen) atoms. The highest BCUT2D eigenvalue weighted by Gasteiger charge is 2.31. The number of rotatable bonds is 4. The standard InChI is InChI=1S/C22H26FN3O5.ClH/c1-11-3-4-14-18-15(20(27)16(21(28)29)10-26(11)18)9-17(23)19(14)25-7-5-13(6-8-25)31-22(30)12(2)24;/h9-13H,3-8,24H2,1-2H3,(H,28,29);1H/t11-,12-;/m0./s1. The molecule has 3 heterocycles.